The second kappa shape index (κ2) is 6.66. The Morgan fingerprint density at radius 3 is 2.20 bits per heavy atom. The zero-order valence-electron chi connectivity index (χ0n) is 15.9. The predicted octanol–water partition coefficient (Wildman–Crippen LogP) is 2.80. The molecule has 0 radical (unpaired) electrons. The van der Waals surface area contributed by atoms with Crippen LogP contribution in [0.2, 0.25) is 0 Å². The van der Waals surface area contributed by atoms with Gasteiger partial charge in [-0.1, -0.05) is 30.3 Å². The van der Waals surface area contributed by atoms with Gasteiger partial charge in [0.15, 0.2) is 0 Å². The van der Waals surface area contributed by atoms with Gasteiger partial charge in [-0.2, -0.15) is 4.99 Å². The molecule has 0 bridgehead atoms. The van der Waals surface area contributed by atoms with Gasteiger partial charge in [0.2, 0.25) is 11.8 Å². The summed E-state index contributed by atoms with van der Waals surface area (Å²) < 4.78 is 1.36. The summed E-state index contributed by atoms with van der Waals surface area (Å²) in [6.45, 7) is 1.89. The van der Waals surface area contributed by atoms with Crippen LogP contribution in [0.15, 0.2) is 81.7 Å². The Kier molecular flexibility index (Phi) is 3.96. The number of para-hydroxylation sites is 3. The van der Waals surface area contributed by atoms with Crippen molar-refractivity contribution in [2.24, 2.45) is 15.0 Å². The van der Waals surface area contributed by atoms with Crippen molar-refractivity contribution >= 4 is 22.6 Å². The molecule has 4 aromatic rings. The molecule has 3 aromatic carbocycles. The molecular formula is C23H16N4O3. The minimum absolute atomic E-state index is 0.0887. The molecule has 0 saturated heterocycles. The molecule has 2 heterocycles. The van der Waals surface area contributed by atoms with Crippen LogP contribution in [0.5, 0.6) is 11.8 Å². The van der Waals surface area contributed by atoms with E-state index in [1.54, 1.807) is 30.3 Å². The standard InChI is InChI=1S/C23H16N4O3/c1-13-6-2-5-9-19(13)27-21(29)15-11-10-14(12-16(15)22(27)30)20(28)26-23-24-17-7-3-4-8-18(17)25-23/h2-12,29-30H,1H3. The maximum Gasteiger partial charge on any atom is 0.280 e. The Labute approximate surface area is 170 Å². The van der Waals surface area contributed by atoms with Crippen molar-refractivity contribution in [2.45, 2.75) is 6.92 Å². The highest BCUT2D eigenvalue weighted by Crippen LogP contribution is 2.39. The van der Waals surface area contributed by atoms with E-state index in [9.17, 15) is 15.0 Å². The van der Waals surface area contributed by atoms with E-state index in [2.05, 4.69) is 15.0 Å². The molecule has 1 amide bonds. The lowest BCUT2D eigenvalue weighted by atomic mass is 10.1. The molecule has 30 heavy (non-hydrogen) atoms. The van der Waals surface area contributed by atoms with Crippen molar-refractivity contribution in [3.05, 3.63) is 88.6 Å². The number of aryl methyl sites for hydroxylation is 1. The van der Waals surface area contributed by atoms with Gasteiger partial charge >= 0.3 is 0 Å². The topological polar surface area (TPSA) is 99.5 Å². The number of hydrogen-bond acceptors (Lipinski definition) is 3. The van der Waals surface area contributed by atoms with E-state index in [1.165, 1.54) is 10.6 Å². The number of carbonyl (C=O) groups is 1. The van der Waals surface area contributed by atoms with Gasteiger partial charge in [-0.15, -0.1) is 0 Å². The summed E-state index contributed by atoms with van der Waals surface area (Å²) in [6.07, 6.45) is 0. The van der Waals surface area contributed by atoms with Crippen LogP contribution < -0.4 is 10.7 Å². The smallest absolute Gasteiger partial charge is 0.280 e. The number of fused-ring (bicyclic) bond motifs is 2. The largest absolute Gasteiger partial charge is 0.494 e. The number of amides is 1. The summed E-state index contributed by atoms with van der Waals surface area (Å²) in [6, 6.07) is 19.3. The molecule has 0 aliphatic carbocycles. The summed E-state index contributed by atoms with van der Waals surface area (Å²) in [7, 11) is 0. The molecule has 7 nitrogen and oxygen atoms in total. The van der Waals surface area contributed by atoms with Gasteiger partial charge in [0.05, 0.1) is 16.4 Å². The summed E-state index contributed by atoms with van der Waals surface area (Å²) >= 11 is 0. The second-order valence-corrected chi connectivity index (χ2v) is 6.96. The van der Waals surface area contributed by atoms with Crippen LogP contribution in [0.1, 0.15) is 15.9 Å². The van der Waals surface area contributed by atoms with Crippen molar-refractivity contribution in [1.29, 1.82) is 0 Å². The molecular weight excluding hydrogens is 380 g/mol. The number of aliphatic imine (C=N–C) groups is 1. The summed E-state index contributed by atoms with van der Waals surface area (Å²) in [5, 5.41) is 23.6. The predicted molar refractivity (Wildman–Crippen MR) is 112 cm³/mol. The van der Waals surface area contributed by atoms with Crippen LogP contribution in [0, 0.1) is 6.92 Å². The quantitative estimate of drug-likeness (QED) is 0.545. The summed E-state index contributed by atoms with van der Waals surface area (Å²) in [5.74, 6) is -0.694. The van der Waals surface area contributed by atoms with Gasteiger partial charge in [0, 0.05) is 16.3 Å². The SMILES string of the molecule is Cc1ccccc1-n1c(O)c2ccc(C(=O)N=C3N=c4ccccc4=N3)cc2c1O. The van der Waals surface area contributed by atoms with E-state index in [1.807, 2.05) is 37.3 Å². The lowest BCUT2D eigenvalue weighted by Crippen LogP contribution is -2.19. The van der Waals surface area contributed by atoms with Crippen molar-refractivity contribution in [3.8, 4) is 17.4 Å². The average Bonchev–Trinajstić information content (AvgIpc) is 3.26. The Balaban J connectivity index is 1.58. The molecule has 0 fully saturated rings. The van der Waals surface area contributed by atoms with Crippen LogP contribution in [-0.2, 0) is 0 Å². The van der Waals surface area contributed by atoms with Crippen molar-refractivity contribution < 1.29 is 15.0 Å². The van der Waals surface area contributed by atoms with Crippen LogP contribution in [0.25, 0.3) is 16.5 Å². The zero-order chi connectivity index (χ0) is 20.8. The molecule has 2 N–H and O–H groups in total. The normalized spacial score (nSPS) is 12.4. The number of rotatable bonds is 2. The molecule has 0 spiro atoms. The van der Waals surface area contributed by atoms with Gasteiger partial charge in [0.1, 0.15) is 0 Å². The average molecular weight is 396 g/mol. The van der Waals surface area contributed by atoms with E-state index in [-0.39, 0.29) is 23.3 Å². The number of hydrogen-bond donors (Lipinski definition) is 2. The first-order chi connectivity index (χ1) is 14.5. The Morgan fingerprint density at radius 1 is 0.867 bits per heavy atom. The molecule has 0 atom stereocenters. The molecule has 146 valence electrons. The number of nitrogens with zero attached hydrogens (tertiary/aromatic N) is 4. The van der Waals surface area contributed by atoms with Crippen molar-refractivity contribution in [1.82, 2.24) is 4.57 Å². The van der Waals surface area contributed by atoms with Crippen LogP contribution >= 0.6 is 0 Å². The van der Waals surface area contributed by atoms with Crippen LogP contribution in [-0.4, -0.2) is 26.6 Å². The third kappa shape index (κ3) is 2.76. The zero-order valence-corrected chi connectivity index (χ0v) is 15.9. The molecule has 0 saturated carbocycles. The maximum atomic E-state index is 12.7. The van der Waals surface area contributed by atoms with Crippen LogP contribution in [0.4, 0.5) is 0 Å². The first-order valence-electron chi connectivity index (χ1n) is 9.31. The Bertz CT molecular complexity index is 1460. The number of benzene rings is 3. The van der Waals surface area contributed by atoms with E-state index in [0.29, 0.717) is 27.2 Å². The monoisotopic (exact) mass is 396 g/mol. The molecule has 7 heteroatoms. The lowest BCUT2D eigenvalue weighted by molar-refractivity contribution is 0.100. The van der Waals surface area contributed by atoms with E-state index < -0.39 is 5.91 Å². The van der Waals surface area contributed by atoms with Gasteiger partial charge in [-0.25, -0.2) is 9.98 Å². The Hall–Kier alpha value is -4.26. The van der Waals surface area contributed by atoms with E-state index in [0.717, 1.165) is 5.56 Å². The highest BCUT2D eigenvalue weighted by molar-refractivity contribution is 6.06. The molecule has 1 aliphatic rings. The van der Waals surface area contributed by atoms with E-state index in [4.69, 9.17) is 0 Å². The first-order valence-corrected chi connectivity index (χ1v) is 9.31. The number of aromatic hydroxyl groups is 2. The fraction of sp³-hybridized carbons (Fsp3) is 0.0435. The van der Waals surface area contributed by atoms with Crippen LogP contribution in [0.3, 0.4) is 0 Å². The fourth-order valence-electron chi connectivity index (χ4n) is 3.54. The minimum Gasteiger partial charge on any atom is -0.494 e. The van der Waals surface area contributed by atoms with Crippen molar-refractivity contribution in [2.75, 3.05) is 0 Å². The van der Waals surface area contributed by atoms with Gasteiger partial charge < -0.3 is 10.2 Å². The third-order valence-corrected chi connectivity index (χ3v) is 5.05. The lowest BCUT2D eigenvalue weighted by Gasteiger charge is -2.09. The molecule has 1 aromatic heterocycles. The highest BCUT2D eigenvalue weighted by Gasteiger charge is 2.20. The fourth-order valence-corrected chi connectivity index (χ4v) is 3.54. The summed E-state index contributed by atoms with van der Waals surface area (Å²) in [5.41, 5.74) is 1.79. The minimum atomic E-state index is -0.533. The molecule has 5 rings (SSSR count). The number of aromatic nitrogens is 1. The van der Waals surface area contributed by atoms with E-state index >= 15 is 0 Å². The second-order valence-electron chi connectivity index (χ2n) is 6.96. The summed E-state index contributed by atoms with van der Waals surface area (Å²) in [4.78, 5) is 25.1. The number of guanidine groups is 1. The van der Waals surface area contributed by atoms with Gasteiger partial charge in [-0.05, 0) is 48.9 Å². The first kappa shape index (κ1) is 17.8. The molecule has 1 aliphatic heterocycles. The molecule has 0 unspecified atom stereocenters. The maximum absolute atomic E-state index is 12.7. The van der Waals surface area contributed by atoms with Crippen molar-refractivity contribution in [3.63, 3.8) is 0 Å². The Morgan fingerprint density at radius 2 is 1.50 bits per heavy atom. The highest BCUT2D eigenvalue weighted by atomic mass is 16.3. The third-order valence-electron chi connectivity index (χ3n) is 5.05. The van der Waals surface area contributed by atoms with Gasteiger partial charge in [0.25, 0.3) is 11.9 Å². The van der Waals surface area contributed by atoms with Gasteiger partial charge in [-0.3, -0.25) is 9.36 Å². The number of carbonyl (C=O) groups excluding carboxylic acids is 1.